The van der Waals surface area contributed by atoms with Crippen molar-refractivity contribution in [3.63, 3.8) is 0 Å². The van der Waals surface area contributed by atoms with E-state index in [4.69, 9.17) is 0 Å². The van der Waals surface area contributed by atoms with Crippen LogP contribution in [0, 0.1) is 5.92 Å². The molecule has 0 fully saturated rings. The fourth-order valence-corrected chi connectivity index (χ4v) is 3.79. The van der Waals surface area contributed by atoms with Crippen LogP contribution in [-0.2, 0) is 19.6 Å². The topological polar surface area (TPSA) is 40.5 Å². The molecule has 0 bridgehead atoms. The molecule has 1 aliphatic rings. The largest absolute Gasteiger partial charge is 0.504 e. The smallest absolute Gasteiger partial charge is 0.157 e. The zero-order valence-corrected chi connectivity index (χ0v) is 13.3. The fourth-order valence-electron chi connectivity index (χ4n) is 3.79. The maximum atomic E-state index is 9.77. The van der Waals surface area contributed by atoms with Gasteiger partial charge in [-0.05, 0) is 12.1 Å². The lowest BCUT2D eigenvalue weighted by molar-refractivity contribution is -0.962. The molecule has 3 rings (SSSR count). The molecular weight excluding hydrogens is 274 g/mol. The zero-order chi connectivity index (χ0) is 15.7. The summed E-state index contributed by atoms with van der Waals surface area (Å²) in [5, 5.41) is 19.5. The standard InChI is InChI=1S/C19H23NO2/c1-14(2)10-20(11-15-6-4-3-5-7-15)12-16-8-18(21)19(22)9-17(16)13-20/h3-9,14H,10-13H2,1-2H3,(H-,21,22)/p+1. The Morgan fingerprint density at radius 2 is 1.50 bits per heavy atom. The van der Waals surface area contributed by atoms with Gasteiger partial charge in [-0.3, -0.25) is 0 Å². The summed E-state index contributed by atoms with van der Waals surface area (Å²) < 4.78 is 0.958. The first-order chi connectivity index (χ1) is 10.5. The minimum Gasteiger partial charge on any atom is -0.504 e. The quantitative estimate of drug-likeness (QED) is 0.666. The van der Waals surface area contributed by atoms with E-state index in [9.17, 15) is 10.2 Å². The molecule has 22 heavy (non-hydrogen) atoms. The first kappa shape index (κ1) is 14.9. The number of hydrogen-bond acceptors (Lipinski definition) is 2. The molecule has 0 spiro atoms. The fraction of sp³-hybridized carbons (Fsp3) is 0.368. The third-order valence-corrected chi connectivity index (χ3v) is 4.42. The van der Waals surface area contributed by atoms with Crippen molar-refractivity contribution in [1.82, 2.24) is 0 Å². The Balaban J connectivity index is 1.92. The lowest BCUT2D eigenvalue weighted by Gasteiger charge is -2.36. The van der Waals surface area contributed by atoms with Crippen LogP contribution in [0.25, 0.3) is 0 Å². The summed E-state index contributed by atoms with van der Waals surface area (Å²) in [6, 6.07) is 14.0. The first-order valence-corrected chi connectivity index (χ1v) is 7.90. The van der Waals surface area contributed by atoms with Crippen LogP contribution in [0.1, 0.15) is 30.5 Å². The number of hydrogen-bond donors (Lipinski definition) is 2. The maximum Gasteiger partial charge on any atom is 0.157 e. The third-order valence-electron chi connectivity index (χ3n) is 4.42. The van der Waals surface area contributed by atoms with Crippen molar-refractivity contribution in [2.45, 2.75) is 33.5 Å². The molecule has 0 saturated carbocycles. The van der Waals surface area contributed by atoms with Gasteiger partial charge in [0.25, 0.3) is 0 Å². The predicted molar refractivity (Wildman–Crippen MR) is 87.3 cm³/mol. The molecule has 0 atom stereocenters. The molecule has 1 aliphatic heterocycles. The van der Waals surface area contributed by atoms with Gasteiger partial charge >= 0.3 is 0 Å². The lowest BCUT2D eigenvalue weighted by atomic mass is 10.1. The second kappa shape index (κ2) is 5.65. The number of phenolic OH excluding ortho intramolecular Hbond substituents is 2. The lowest BCUT2D eigenvalue weighted by Crippen LogP contribution is -2.44. The Morgan fingerprint density at radius 3 is 2.00 bits per heavy atom. The van der Waals surface area contributed by atoms with E-state index in [0.29, 0.717) is 5.92 Å². The molecule has 1 heterocycles. The van der Waals surface area contributed by atoms with Gasteiger partial charge < -0.3 is 14.7 Å². The number of phenols is 2. The summed E-state index contributed by atoms with van der Waals surface area (Å²) in [5.74, 6) is 0.575. The Bertz CT molecular complexity index is 634. The molecule has 0 aromatic heterocycles. The molecule has 2 N–H and O–H groups in total. The number of aromatic hydroxyl groups is 2. The normalized spacial score (nSPS) is 16.0. The van der Waals surface area contributed by atoms with Crippen molar-refractivity contribution in [3.8, 4) is 11.5 Å². The van der Waals surface area contributed by atoms with Gasteiger partial charge in [0.15, 0.2) is 11.5 Å². The van der Waals surface area contributed by atoms with Crippen LogP contribution in [0.4, 0.5) is 0 Å². The van der Waals surface area contributed by atoms with Crippen molar-refractivity contribution in [1.29, 1.82) is 0 Å². The van der Waals surface area contributed by atoms with E-state index in [1.165, 1.54) is 5.56 Å². The molecule has 0 saturated heterocycles. The zero-order valence-electron chi connectivity index (χ0n) is 13.3. The Hall–Kier alpha value is -2.00. The van der Waals surface area contributed by atoms with E-state index in [1.807, 2.05) is 6.07 Å². The van der Waals surface area contributed by atoms with Gasteiger partial charge in [0.1, 0.15) is 19.6 Å². The molecule has 0 radical (unpaired) electrons. The number of nitrogens with zero attached hydrogens (tertiary/aromatic N) is 1. The molecule has 3 heteroatoms. The molecule has 0 amide bonds. The summed E-state index contributed by atoms with van der Waals surface area (Å²) in [7, 11) is 0. The average Bonchev–Trinajstić information content (AvgIpc) is 2.76. The molecule has 0 unspecified atom stereocenters. The first-order valence-electron chi connectivity index (χ1n) is 7.90. The molecule has 3 nitrogen and oxygen atoms in total. The van der Waals surface area contributed by atoms with Crippen molar-refractivity contribution >= 4 is 0 Å². The van der Waals surface area contributed by atoms with Crippen LogP contribution in [0.2, 0.25) is 0 Å². The molecule has 0 aliphatic carbocycles. The maximum absolute atomic E-state index is 9.77. The monoisotopic (exact) mass is 298 g/mol. The highest BCUT2D eigenvalue weighted by Gasteiger charge is 2.37. The second-order valence-electron chi connectivity index (χ2n) is 6.99. The number of rotatable bonds is 4. The third kappa shape index (κ3) is 2.95. The summed E-state index contributed by atoms with van der Waals surface area (Å²) in [5.41, 5.74) is 3.66. The molecule has 2 aromatic carbocycles. The van der Waals surface area contributed by atoms with Crippen LogP contribution in [0.5, 0.6) is 11.5 Å². The summed E-state index contributed by atoms with van der Waals surface area (Å²) in [6.07, 6.45) is 0. The Labute approximate surface area is 132 Å². The van der Waals surface area contributed by atoms with Crippen molar-refractivity contribution in [3.05, 3.63) is 59.2 Å². The Kier molecular flexibility index (Phi) is 3.83. The predicted octanol–water partition coefficient (Wildman–Crippen LogP) is 3.78. The van der Waals surface area contributed by atoms with Gasteiger partial charge in [-0.1, -0.05) is 44.2 Å². The van der Waals surface area contributed by atoms with Crippen LogP contribution < -0.4 is 0 Å². The van der Waals surface area contributed by atoms with Crippen LogP contribution in [0.15, 0.2) is 42.5 Å². The minimum atomic E-state index is -0.0111. The number of fused-ring (bicyclic) bond motifs is 1. The molecular formula is C19H24NO2+. The van der Waals surface area contributed by atoms with Crippen molar-refractivity contribution in [2.24, 2.45) is 5.92 Å². The van der Waals surface area contributed by atoms with E-state index in [-0.39, 0.29) is 11.5 Å². The van der Waals surface area contributed by atoms with Crippen LogP contribution in [-0.4, -0.2) is 21.2 Å². The summed E-state index contributed by atoms with van der Waals surface area (Å²) in [4.78, 5) is 0. The van der Waals surface area contributed by atoms with E-state index in [1.54, 1.807) is 12.1 Å². The van der Waals surface area contributed by atoms with E-state index in [2.05, 4.69) is 38.1 Å². The van der Waals surface area contributed by atoms with Gasteiger partial charge in [-0.25, -0.2) is 0 Å². The molecule has 2 aromatic rings. The van der Waals surface area contributed by atoms with E-state index >= 15 is 0 Å². The summed E-state index contributed by atoms with van der Waals surface area (Å²) in [6.45, 7) is 8.40. The van der Waals surface area contributed by atoms with Crippen molar-refractivity contribution < 1.29 is 14.7 Å². The highest BCUT2D eigenvalue weighted by Crippen LogP contribution is 2.38. The molecule has 116 valence electrons. The summed E-state index contributed by atoms with van der Waals surface area (Å²) >= 11 is 0. The average molecular weight is 298 g/mol. The van der Waals surface area contributed by atoms with E-state index < -0.39 is 0 Å². The van der Waals surface area contributed by atoms with Gasteiger partial charge in [0.2, 0.25) is 0 Å². The van der Waals surface area contributed by atoms with Gasteiger partial charge in [0, 0.05) is 22.6 Å². The van der Waals surface area contributed by atoms with Crippen LogP contribution >= 0.6 is 0 Å². The second-order valence-corrected chi connectivity index (χ2v) is 6.99. The number of quaternary nitrogens is 1. The van der Waals surface area contributed by atoms with Gasteiger partial charge in [-0.2, -0.15) is 0 Å². The number of benzene rings is 2. The highest BCUT2D eigenvalue weighted by molar-refractivity contribution is 5.46. The highest BCUT2D eigenvalue weighted by atomic mass is 16.3. The van der Waals surface area contributed by atoms with Crippen LogP contribution in [0.3, 0.4) is 0 Å². The van der Waals surface area contributed by atoms with Gasteiger partial charge in [0.05, 0.1) is 6.54 Å². The van der Waals surface area contributed by atoms with E-state index in [0.717, 1.165) is 41.8 Å². The van der Waals surface area contributed by atoms with Gasteiger partial charge in [-0.15, -0.1) is 0 Å². The Morgan fingerprint density at radius 1 is 0.955 bits per heavy atom. The SMILES string of the molecule is CC(C)C[N+]1(Cc2ccccc2)Cc2cc(O)c(O)cc2C1. The minimum absolute atomic E-state index is 0.0111. The van der Waals surface area contributed by atoms with Crippen molar-refractivity contribution in [2.75, 3.05) is 6.54 Å².